The summed E-state index contributed by atoms with van der Waals surface area (Å²) < 4.78 is 19.4. The molecular formula is C33H55N3O4. The van der Waals surface area contributed by atoms with Crippen molar-refractivity contribution in [3.63, 3.8) is 0 Å². The Kier molecular flexibility index (Phi) is 17.3. The molecule has 7 nitrogen and oxygen atoms in total. The van der Waals surface area contributed by atoms with Crippen LogP contribution in [0.4, 0.5) is 0 Å². The van der Waals surface area contributed by atoms with Crippen molar-refractivity contribution in [2.75, 3.05) is 26.4 Å². The maximum absolute atomic E-state index is 9.65. The first-order valence-corrected chi connectivity index (χ1v) is 15.9. The van der Waals surface area contributed by atoms with E-state index in [9.17, 15) is 5.11 Å². The Morgan fingerprint density at radius 3 is 1.60 bits per heavy atom. The van der Waals surface area contributed by atoms with Gasteiger partial charge in [-0.25, -0.2) is 15.0 Å². The second kappa shape index (κ2) is 20.5. The molecule has 1 heterocycles. The highest BCUT2D eigenvalue weighted by molar-refractivity contribution is 5.73. The normalized spacial score (nSPS) is 13.6. The third kappa shape index (κ3) is 12.0. The van der Waals surface area contributed by atoms with Gasteiger partial charge in [0.25, 0.3) is 0 Å². The Labute approximate surface area is 243 Å². The van der Waals surface area contributed by atoms with E-state index in [4.69, 9.17) is 14.2 Å². The van der Waals surface area contributed by atoms with Crippen molar-refractivity contribution >= 4 is 0 Å². The first-order valence-electron chi connectivity index (χ1n) is 15.9. The van der Waals surface area contributed by atoms with Crippen molar-refractivity contribution < 1.29 is 19.3 Å². The fourth-order valence-electron chi connectivity index (χ4n) is 4.88. The molecular weight excluding hydrogens is 502 g/mol. The average Bonchev–Trinajstić information content (AvgIpc) is 2.99. The lowest BCUT2D eigenvalue weighted by atomic mass is 10.00. The monoisotopic (exact) mass is 557 g/mol. The summed E-state index contributed by atoms with van der Waals surface area (Å²) in [5.74, 6) is 3.85. The first kappa shape index (κ1) is 33.8. The minimum atomic E-state index is 0.155. The largest absolute Gasteiger partial charge is 0.493 e. The highest BCUT2D eigenvalue weighted by Crippen LogP contribution is 2.41. The van der Waals surface area contributed by atoms with Crippen molar-refractivity contribution in [1.82, 2.24) is 15.0 Å². The maximum atomic E-state index is 9.65. The van der Waals surface area contributed by atoms with E-state index in [0.717, 1.165) is 49.8 Å². The topological polar surface area (TPSA) is 86.6 Å². The summed E-state index contributed by atoms with van der Waals surface area (Å²) in [6, 6.07) is 3.94. The lowest BCUT2D eigenvalue weighted by molar-refractivity contribution is 0.186. The molecule has 1 aromatic heterocycles. The standard InChI is InChI=1S/C33H55N3O4/c1-6-11-14-26(9-4)21-38-29-19-30(39-22-27(10-5)15-12-7-2)32(33-35-24-34-25-36-33)31(20-29)40-23-28(17-18-37)16-13-8-3/h19-20,24-28,37H,6-18,21-23H2,1-5H3. The molecule has 0 saturated heterocycles. The number of benzene rings is 1. The van der Waals surface area contributed by atoms with Crippen LogP contribution in [0.2, 0.25) is 0 Å². The molecule has 0 aliphatic heterocycles. The number of aliphatic hydroxyl groups is 1. The Balaban J connectivity index is 2.44. The van der Waals surface area contributed by atoms with Crippen LogP contribution in [-0.4, -0.2) is 46.5 Å². The highest BCUT2D eigenvalue weighted by atomic mass is 16.5. The molecule has 1 aromatic carbocycles. The average molecular weight is 558 g/mol. The van der Waals surface area contributed by atoms with E-state index in [1.807, 2.05) is 12.1 Å². The summed E-state index contributed by atoms with van der Waals surface area (Å²) >= 11 is 0. The number of unbranched alkanes of at least 4 members (excludes halogenated alkanes) is 3. The number of aliphatic hydroxyl groups excluding tert-OH is 1. The predicted molar refractivity (Wildman–Crippen MR) is 163 cm³/mol. The molecule has 0 aliphatic rings. The lowest BCUT2D eigenvalue weighted by Gasteiger charge is -2.23. The summed E-state index contributed by atoms with van der Waals surface area (Å²) in [4.78, 5) is 13.0. The van der Waals surface area contributed by atoms with Crippen LogP contribution < -0.4 is 14.2 Å². The Morgan fingerprint density at radius 1 is 0.650 bits per heavy atom. The van der Waals surface area contributed by atoms with E-state index >= 15 is 0 Å². The van der Waals surface area contributed by atoms with E-state index in [0.29, 0.717) is 55.4 Å². The molecule has 7 heteroatoms. The molecule has 0 fully saturated rings. The van der Waals surface area contributed by atoms with E-state index in [-0.39, 0.29) is 12.5 Å². The van der Waals surface area contributed by atoms with Gasteiger partial charge in [-0.05, 0) is 43.4 Å². The minimum absolute atomic E-state index is 0.155. The number of nitrogens with zero attached hydrogens (tertiary/aromatic N) is 3. The van der Waals surface area contributed by atoms with Crippen LogP contribution in [0.3, 0.4) is 0 Å². The van der Waals surface area contributed by atoms with Crippen molar-refractivity contribution in [3.05, 3.63) is 24.8 Å². The predicted octanol–water partition coefficient (Wildman–Crippen LogP) is 8.30. The van der Waals surface area contributed by atoms with Gasteiger partial charge in [0, 0.05) is 18.7 Å². The molecule has 226 valence electrons. The fourth-order valence-corrected chi connectivity index (χ4v) is 4.88. The van der Waals surface area contributed by atoms with Crippen molar-refractivity contribution in [2.24, 2.45) is 17.8 Å². The maximum Gasteiger partial charge on any atom is 0.170 e. The van der Waals surface area contributed by atoms with Crippen LogP contribution >= 0.6 is 0 Å². The second-order valence-corrected chi connectivity index (χ2v) is 11.0. The van der Waals surface area contributed by atoms with E-state index in [2.05, 4.69) is 49.6 Å². The van der Waals surface area contributed by atoms with Crippen LogP contribution in [0.1, 0.15) is 112 Å². The number of rotatable bonds is 23. The molecule has 1 N–H and O–H groups in total. The van der Waals surface area contributed by atoms with Crippen molar-refractivity contribution in [2.45, 2.75) is 112 Å². The number of hydrogen-bond donors (Lipinski definition) is 1. The van der Waals surface area contributed by atoms with Crippen LogP contribution in [0.5, 0.6) is 17.2 Å². The van der Waals surface area contributed by atoms with Crippen LogP contribution in [0.25, 0.3) is 11.4 Å². The fraction of sp³-hybridized carbons (Fsp3) is 0.727. The zero-order valence-corrected chi connectivity index (χ0v) is 25.9. The van der Waals surface area contributed by atoms with Crippen LogP contribution in [-0.2, 0) is 0 Å². The summed E-state index contributed by atoms with van der Waals surface area (Å²) in [6.07, 6.45) is 16.2. The molecule has 0 spiro atoms. The van der Waals surface area contributed by atoms with Crippen molar-refractivity contribution in [3.8, 4) is 28.6 Å². The van der Waals surface area contributed by atoms with Crippen molar-refractivity contribution in [1.29, 1.82) is 0 Å². The van der Waals surface area contributed by atoms with Gasteiger partial charge in [-0.3, -0.25) is 0 Å². The summed E-state index contributed by atoms with van der Waals surface area (Å²) in [5, 5.41) is 9.65. The third-order valence-electron chi connectivity index (χ3n) is 7.78. The Morgan fingerprint density at radius 2 is 1.12 bits per heavy atom. The lowest BCUT2D eigenvalue weighted by Crippen LogP contribution is -2.16. The quantitative estimate of drug-likeness (QED) is 0.147. The van der Waals surface area contributed by atoms with Gasteiger partial charge in [0.2, 0.25) is 0 Å². The van der Waals surface area contributed by atoms with Gasteiger partial charge in [-0.2, -0.15) is 0 Å². The SMILES string of the molecule is CCCCC(CC)COc1cc(OCC(CC)CCCC)c(-c2ncncn2)c(OCC(CCO)CCCC)c1. The van der Waals surface area contributed by atoms with Gasteiger partial charge in [0.15, 0.2) is 5.82 Å². The third-order valence-corrected chi connectivity index (χ3v) is 7.78. The van der Waals surface area contributed by atoms with Gasteiger partial charge < -0.3 is 19.3 Å². The van der Waals surface area contributed by atoms with E-state index in [1.165, 1.54) is 44.8 Å². The number of hydrogen-bond acceptors (Lipinski definition) is 7. The smallest absolute Gasteiger partial charge is 0.170 e. The first-order chi connectivity index (χ1) is 19.6. The number of aromatic nitrogens is 3. The molecule has 3 atom stereocenters. The molecule has 0 radical (unpaired) electrons. The van der Waals surface area contributed by atoms with Gasteiger partial charge in [-0.1, -0.05) is 86.0 Å². The molecule has 0 bridgehead atoms. The molecule has 0 amide bonds. The second-order valence-electron chi connectivity index (χ2n) is 11.0. The summed E-state index contributed by atoms with van der Waals surface area (Å²) in [5.41, 5.74) is 0.733. The molecule has 0 saturated carbocycles. The Bertz CT molecular complexity index is 912. The van der Waals surface area contributed by atoms with Gasteiger partial charge in [-0.15, -0.1) is 0 Å². The summed E-state index contributed by atoms with van der Waals surface area (Å²) in [7, 11) is 0. The Hall–Kier alpha value is -2.41. The summed E-state index contributed by atoms with van der Waals surface area (Å²) in [6.45, 7) is 13.0. The van der Waals surface area contributed by atoms with Gasteiger partial charge in [0.1, 0.15) is 35.5 Å². The van der Waals surface area contributed by atoms with Crippen LogP contribution in [0, 0.1) is 17.8 Å². The van der Waals surface area contributed by atoms with Gasteiger partial charge >= 0.3 is 0 Å². The molecule has 40 heavy (non-hydrogen) atoms. The molecule has 2 aromatic rings. The van der Waals surface area contributed by atoms with E-state index < -0.39 is 0 Å². The highest BCUT2D eigenvalue weighted by Gasteiger charge is 2.22. The van der Waals surface area contributed by atoms with Gasteiger partial charge in [0.05, 0.1) is 19.8 Å². The zero-order chi connectivity index (χ0) is 29.0. The molecule has 0 aliphatic carbocycles. The molecule has 3 unspecified atom stereocenters. The zero-order valence-electron chi connectivity index (χ0n) is 25.9. The van der Waals surface area contributed by atoms with E-state index in [1.54, 1.807) is 0 Å². The molecule has 2 rings (SSSR count). The van der Waals surface area contributed by atoms with Crippen LogP contribution in [0.15, 0.2) is 24.8 Å². The number of ether oxygens (including phenoxy) is 3. The minimum Gasteiger partial charge on any atom is -0.493 e.